The molecule has 4 aliphatic rings. The van der Waals surface area contributed by atoms with E-state index in [4.69, 9.17) is 0 Å². The van der Waals surface area contributed by atoms with Crippen molar-refractivity contribution >= 4 is 5.57 Å². The SMILES string of the molecule is CCc1ccccc1C1=C(C)C2C[C@@H]3C4CCCC(C4)C[C@]3(C)CN2CC1. The van der Waals surface area contributed by atoms with Crippen LogP contribution in [0.3, 0.4) is 0 Å². The van der Waals surface area contributed by atoms with Gasteiger partial charge in [0.05, 0.1) is 0 Å². The van der Waals surface area contributed by atoms with Crippen LogP contribution in [0.1, 0.15) is 76.8 Å². The smallest absolute Gasteiger partial charge is 0.0314 e. The van der Waals surface area contributed by atoms with Crippen molar-refractivity contribution in [3.05, 3.63) is 41.0 Å². The van der Waals surface area contributed by atoms with E-state index in [1.807, 2.05) is 0 Å². The minimum atomic E-state index is 0.587. The van der Waals surface area contributed by atoms with Crippen LogP contribution in [-0.2, 0) is 6.42 Å². The molecule has 3 fully saturated rings. The normalized spacial score (nSPS) is 39.1. The quantitative estimate of drug-likeness (QED) is 0.593. The third kappa shape index (κ3) is 2.92. The molecule has 0 radical (unpaired) electrons. The zero-order valence-corrected chi connectivity index (χ0v) is 17.6. The van der Waals surface area contributed by atoms with Crippen molar-refractivity contribution in [3.8, 4) is 0 Å². The van der Waals surface area contributed by atoms with Gasteiger partial charge in [-0.3, -0.25) is 4.90 Å². The van der Waals surface area contributed by atoms with Crippen LogP contribution < -0.4 is 0 Å². The molecule has 0 aromatic heterocycles. The number of hydrogen-bond acceptors (Lipinski definition) is 1. The third-order valence-corrected chi connectivity index (χ3v) is 8.87. The first kappa shape index (κ1) is 18.0. The van der Waals surface area contributed by atoms with Gasteiger partial charge in [-0.15, -0.1) is 0 Å². The zero-order valence-electron chi connectivity index (χ0n) is 17.6. The molecule has 3 unspecified atom stereocenters. The van der Waals surface area contributed by atoms with E-state index >= 15 is 0 Å². The van der Waals surface area contributed by atoms with Gasteiger partial charge in [-0.1, -0.05) is 62.9 Å². The number of rotatable bonds is 2. The maximum absolute atomic E-state index is 2.88. The van der Waals surface area contributed by atoms with E-state index in [9.17, 15) is 0 Å². The van der Waals surface area contributed by atoms with E-state index in [1.165, 1.54) is 57.2 Å². The minimum absolute atomic E-state index is 0.587. The van der Waals surface area contributed by atoms with Crippen LogP contribution in [0, 0.1) is 23.2 Å². The van der Waals surface area contributed by atoms with Crippen molar-refractivity contribution in [1.82, 2.24) is 4.90 Å². The Kier molecular flexibility index (Phi) is 4.50. The summed E-state index contributed by atoms with van der Waals surface area (Å²) in [5.74, 6) is 3.02. The maximum Gasteiger partial charge on any atom is 0.0314 e. The summed E-state index contributed by atoms with van der Waals surface area (Å²) in [6.07, 6.45) is 11.4. The Bertz CT molecular complexity index is 746. The van der Waals surface area contributed by atoms with Gasteiger partial charge >= 0.3 is 0 Å². The molecule has 2 heterocycles. The largest absolute Gasteiger partial charge is 0.296 e. The van der Waals surface area contributed by atoms with Crippen molar-refractivity contribution in [1.29, 1.82) is 0 Å². The van der Waals surface area contributed by atoms with Gasteiger partial charge in [0.15, 0.2) is 0 Å². The van der Waals surface area contributed by atoms with Crippen LogP contribution in [0.15, 0.2) is 29.8 Å². The summed E-state index contributed by atoms with van der Waals surface area (Å²) in [4.78, 5) is 2.88. The molecule has 5 rings (SSSR count). The summed E-state index contributed by atoms with van der Waals surface area (Å²) in [7, 11) is 0. The topological polar surface area (TPSA) is 3.24 Å². The molecule has 1 aromatic rings. The Morgan fingerprint density at radius 3 is 2.85 bits per heavy atom. The highest BCUT2D eigenvalue weighted by atomic mass is 15.2. The second-order valence-corrected chi connectivity index (χ2v) is 10.4. The summed E-state index contributed by atoms with van der Waals surface area (Å²) in [6.45, 7) is 10.0. The molecule has 1 heteroatoms. The molecular weight excluding hydrogens is 326 g/mol. The average Bonchev–Trinajstić information content (AvgIpc) is 2.67. The predicted octanol–water partition coefficient (Wildman–Crippen LogP) is 6.33. The Morgan fingerprint density at radius 2 is 2.00 bits per heavy atom. The number of aryl methyl sites for hydroxylation is 1. The van der Waals surface area contributed by atoms with Crippen molar-refractivity contribution in [2.45, 2.75) is 78.2 Å². The molecular formula is C26H37N. The lowest BCUT2D eigenvalue weighted by Crippen LogP contribution is -2.58. The van der Waals surface area contributed by atoms with Crippen molar-refractivity contribution in [2.24, 2.45) is 23.2 Å². The lowest BCUT2D eigenvalue weighted by molar-refractivity contribution is -0.0806. The summed E-state index contributed by atoms with van der Waals surface area (Å²) < 4.78 is 0. The summed E-state index contributed by atoms with van der Waals surface area (Å²) >= 11 is 0. The molecule has 2 saturated carbocycles. The fraction of sp³-hybridized carbons (Fsp3) is 0.692. The Hall–Kier alpha value is -1.08. The highest BCUT2D eigenvalue weighted by molar-refractivity contribution is 5.72. The minimum Gasteiger partial charge on any atom is -0.296 e. The van der Waals surface area contributed by atoms with E-state index in [0.717, 1.165) is 24.2 Å². The summed E-state index contributed by atoms with van der Waals surface area (Å²) in [6, 6.07) is 9.87. The molecule has 146 valence electrons. The van der Waals surface area contributed by atoms with Gasteiger partial charge in [-0.05, 0) is 78.9 Å². The maximum atomic E-state index is 2.88. The van der Waals surface area contributed by atoms with Crippen molar-refractivity contribution in [3.63, 3.8) is 0 Å². The van der Waals surface area contributed by atoms with Gasteiger partial charge in [0.1, 0.15) is 0 Å². The van der Waals surface area contributed by atoms with Crippen LogP contribution in [-0.4, -0.2) is 24.0 Å². The molecule has 5 atom stereocenters. The lowest BCUT2D eigenvalue weighted by Gasteiger charge is -2.59. The fourth-order valence-corrected chi connectivity index (χ4v) is 7.70. The molecule has 2 aliphatic carbocycles. The molecule has 1 aromatic carbocycles. The van der Waals surface area contributed by atoms with E-state index in [0.29, 0.717) is 11.5 Å². The third-order valence-electron chi connectivity index (χ3n) is 8.87. The van der Waals surface area contributed by atoms with Gasteiger partial charge < -0.3 is 0 Å². The molecule has 0 amide bonds. The number of fused-ring (bicyclic) bond motifs is 5. The number of nitrogens with zero attached hydrogens (tertiary/aromatic N) is 1. The van der Waals surface area contributed by atoms with Gasteiger partial charge in [-0.25, -0.2) is 0 Å². The Morgan fingerprint density at radius 1 is 1.15 bits per heavy atom. The molecule has 0 N–H and O–H groups in total. The molecule has 1 nitrogen and oxygen atoms in total. The number of benzene rings is 1. The molecule has 0 spiro atoms. The van der Waals surface area contributed by atoms with Crippen molar-refractivity contribution in [2.75, 3.05) is 13.1 Å². The Balaban J connectivity index is 1.48. The van der Waals surface area contributed by atoms with Crippen LogP contribution in [0.4, 0.5) is 0 Å². The van der Waals surface area contributed by atoms with Crippen LogP contribution in [0.5, 0.6) is 0 Å². The van der Waals surface area contributed by atoms with Gasteiger partial charge in [0, 0.05) is 19.1 Å². The van der Waals surface area contributed by atoms with Gasteiger partial charge in [0.25, 0.3) is 0 Å². The highest BCUT2D eigenvalue weighted by Gasteiger charge is 2.52. The first-order chi connectivity index (χ1) is 13.1. The second-order valence-electron chi connectivity index (χ2n) is 10.4. The molecule has 2 aliphatic heterocycles. The Labute approximate surface area is 166 Å². The molecule has 2 bridgehead atoms. The van der Waals surface area contributed by atoms with Crippen LogP contribution >= 0.6 is 0 Å². The van der Waals surface area contributed by atoms with E-state index < -0.39 is 0 Å². The van der Waals surface area contributed by atoms with Crippen LogP contribution in [0.2, 0.25) is 0 Å². The van der Waals surface area contributed by atoms with Crippen LogP contribution in [0.25, 0.3) is 5.57 Å². The first-order valence-electron chi connectivity index (χ1n) is 11.6. The fourth-order valence-electron chi connectivity index (χ4n) is 7.70. The van der Waals surface area contributed by atoms with E-state index in [-0.39, 0.29) is 0 Å². The average molecular weight is 364 g/mol. The van der Waals surface area contributed by atoms with Crippen molar-refractivity contribution < 1.29 is 0 Å². The monoisotopic (exact) mass is 363 g/mol. The summed E-state index contributed by atoms with van der Waals surface area (Å²) in [5, 5.41) is 0. The number of piperidine rings is 1. The standard InChI is InChI=1S/C26H37N/c1-4-20-9-5-6-11-23(20)22-12-13-27-17-26(3)16-19-8-7-10-21(14-19)24(26)15-25(27)18(22)2/h5-6,9,11,19,21,24-25H,4,7-8,10,12-17H2,1-3H3/t19?,21?,24-,25?,26-/m1/s1. The summed E-state index contributed by atoms with van der Waals surface area (Å²) in [5.41, 5.74) is 7.04. The molecule has 1 saturated heterocycles. The van der Waals surface area contributed by atoms with Gasteiger partial charge in [0.2, 0.25) is 0 Å². The first-order valence-corrected chi connectivity index (χ1v) is 11.6. The van der Waals surface area contributed by atoms with Gasteiger partial charge in [-0.2, -0.15) is 0 Å². The second kappa shape index (κ2) is 6.76. The van der Waals surface area contributed by atoms with E-state index in [2.05, 4.69) is 49.9 Å². The zero-order chi connectivity index (χ0) is 18.6. The predicted molar refractivity (Wildman–Crippen MR) is 115 cm³/mol. The lowest BCUT2D eigenvalue weighted by atomic mass is 9.52. The van der Waals surface area contributed by atoms with E-state index in [1.54, 1.807) is 23.1 Å². The highest BCUT2D eigenvalue weighted by Crippen LogP contribution is 2.57. The molecule has 27 heavy (non-hydrogen) atoms. The number of hydrogen-bond donors (Lipinski definition) is 0.